The highest BCUT2D eigenvalue weighted by atomic mass is 35.5. The molecule has 0 spiro atoms. The Bertz CT molecular complexity index is 560. The van der Waals surface area contributed by atoms with E-state index in [0.717, 1.165) is 25.8 Å². The van der Waals surface area contributed by atoms with Crippen molar-refractivity contribution in [1.82, 2.24) is 10.6 Å². The number of amides is 2. The van der Waals surface area contributed by atoms with Gasteiger partial charge in [-0.25, -0.2) is 0 Å². The van der Waals surface area contributed by atoms with Crippen molar-refractivity contribution in [1.29, 1.82) is 0 Å². The summed E-state index contributed by atoms with van der Waals surface area (Å²) in [5.74, 6) is 0.290. The third kappa shape index (κ3) is 5.41. The fraction of sp³-hybridized carbons (Fsp3) is 0.500. The maximum absolute atomic E-state index is 12.0. The first-order valence-corrected chi connectivity index (χ1v) is 8.12. The Morgan fingerprint density at radius 1 is 1.39 bits per heavy atom. The summed E-state index contributed by atoms with van der Waals surface area (Å²) in [5, 5.41) is 9.22. The van der Waals surface area contributed by atoms with Gasteiger partial charge < -0.3 is 20.7 Å². The standard InChI is InChI=1S/C16H22ClN3O3/c1-23-14-6-5-11(17)10-13(14)20-15(21)7-9-19-16(22)12-4-2-3-8-18-12/h5-6,10,12,18H,2-4,7-9H2,1H3,(H,19,22)(H,20,21). The molecule has 126 valence electrons. The smallest absolute Gasteiger partial charge is 0.237 e. The zero-order chi connectivity index (χ0) is 16.7. The number of rotatable bonds is 6. The summed E-state index contributed by atoms with van der Waals surface area (Å²) in [6.07, 6.45) is 3.19. The third-order valence-electron chi connectivity index (χ3n) is 3.71. The molecule has 1 heterocycles. The Hall–Kier alpha value is -1.79. The van der Waals surface area contributed by atoms with Crippen LogP contribution in [0.5, 0.6) is 5.75 Å². The summed E-state index contributed by atoms with van der Waals surface area (Å²) in [4.78, 5) is 23.9. The predicted octanol–water partition coefficient (Wildman–Crippen LogP) is 1.94. The van der Waals surface area contributed by atoms with Gasteiger partial charge in [-0.05, 0) is 37.6 Å². The summed E-state index contributed by atoms with van der Waals surface area (Å²) in [6.45, 7) is 1.17. The van der Waals surface area contributed by atoms with Crippen LogP contribution in [0.1, 0.15) is 25.7 Å². The number of halogens is 1. The van der Waals surface area contributed by atoms with Gasteiger partial charge in [-0.1, -0.05) is 18.0 Å². The van der Waals surface area contributed by atoms with Gasteiger partial charge in [-0.3, -0.25) is 9.59 Å². The van der Waals surface area contributed by atoms with E-state index < -0.39 is 0 Å². The van der Waals surface area contributed by atoms with Crippen LogP contribution in [0.2, 0.25) is 5.02 Å². The quantitative estimate of drug-likeness (QED) is 0.740. The number of ether oxygens (including phenoxy) is 1. The second kappa shape index (κ2) is 8.74. The lowest BCUT2D eigenvalue weighted by Crippen LogP contribution is -2.47. The number of carbonyl (C=O) groups excluding carboxylic acids is 2. The van der Waals surface area contributed by atoms with Gasteiger partial charge >= 0.3 is 0 Å². The average Bonchev–Trinajstić information content (AvgIpc) is 2.56. The van der Waals surface area contributed by atoms with E-state index in [-0.39, 0.29) is 24.3 Å². The number of nitrogens with one attached hydrogen (secondary N) is 3. The summed E-state index contributed by atoms with van der Waals surface area (Å²) < 4.78 is 5.17. The molecule has 2 rings (SSSR count). The minimum atomic E-state index is -0.206. The lowest BCUT2D eigenvalue weighted by Gasteiger charge is -2.22. The highest BCUT2D eigenvalue weighted by molar-refractivity contribution is 6.31. The molecule has 0 aromatic heterocycles. The van der Waals surface area contributed by atoms with Crippen LogP contribution >= 0.6 is 11.6 Å². The normalized spacial score (nSPS) is 17.4. The van der Waals surface area contributed by atoms with Gasteiger partial charge in [0, 0.05) is 18.0 Å². The van der Waals surface area contributed by atoms with Crippen molar-refractivity contribution < 1.29 is 14.3 Å². The Kier molecular flexibility index (Phi) is 6.67. The summed E-state index contributed by atoms with van der Waals surface area (Å²) in [7, 11) is 1.52. The summed E-state index contributed by atoms with van der Waals surface area (Å²) in [5.41, 5.74) is 0.519. The molecule has 1 unspecified atom stereocenters. The SMILES string of the molecule is COc1ccc(Cl)cc1NC(=O)CCNC(=O)C1CCCCN1. The van der Waals surface area contributed by atoms with Crippen molar-refractivity contribution in [2.45, 2.75) is 31.7 Å². The Morgan fingerprint density at radius 2 is 2.22 bits per heavy atom. The molecule has 6 nitrogen and oxygen atoms in total. The minimum absolute atomic E-state index is 0.0437. The molecule has 1 atom stereocenters. The minimum Gasteiger partial charge on any atom is -0.495 e. The first-order chi connectivity index (χ1) is 11.1. The first-order valence-electron chi connectivity index (χ1n) is 7.74. The monoisotopic (exact) mass is 339 g/mol. The van der Waals surface area contributed by atoms with Crippen LogP contribution in [0, 0.1) is 0 Å². The molecule has 0 radical (unpaired) electrons. The zero-order valence-electron chi connectivity index (χ0n) is 13.2. The summed E-state index contributed by atoms with van der Waals surface area (Å²) in [6, 6.07) is 4.87. The molecule has 1 fully saturated rings. The second-order valence-corrected chi connectivity index (χ2v) is 5.87. The molecule has 2 amide bonds. The molecule has 1 aliphatic rings. The lowest BCUT2D eigenvalue weighted by molar-refractivity contribution is -0.123. The van der Waals surface area contributed by atoms with Crippen molar-refractivity contribution in [2.75, 3.05) is 25.5 Å². The Morgan fingerprint density at radius 3 is 2.91 bits per heavy atom. The van der Waals surface area contributed by atoms with Crippen LogP contribution in [-0.2, 0) is 9.59 Å². The van der Waals surface area contributed by atoms with Crippen molar-refractivity contribution in [3.8, 4) is 5.75 Å². The zero-order valence-corrected chi connectivity index (χ0v) is 13.9. The number of benzene rings is 1. The fourth-order valence-corrected chi connectivity index (χ4v) is 2.66. The third-order valence-corrected chi connectivity index (χ3v) is 3.95. The Labute approximate surface area is 140 Å². The number of anilines is 1. The van der Waals surface area contributed by atoms with Crippen LogP contribution in [0.15, 0.2) is 18.2 Å². The van der Waals surface area contributed by atoms with E-state index in [1.807, 2.05) is 0 Å². The topological polar surface area (TPSA) is 79.5 Å². The largest absolute Gasteiger partial charge is 0.495 e. The molecule has 1 aliphatic heterocycles. The van der Waals surface area contributed by atoms with E-state index in [4.69, 9.17) is 16.3 Å². The van der Waals surface area contributed by atoms with E-state index in [1.165, 1.54) is 7.11 Å². The van der Waals surface area contributed by atoms with Crippen molar-refractivity contribution in [3.63, 3.8) is 0 Å². The first kappa shape index (κ1) is 17.6. The fourth-order valence-electron chi connectivity index (χ4n) is 2.49. The number of carbonyl (C=O) groups is 2. The van der Waals surface area contributed by atoms with Crippen molar-refractivity contribution in [3.05, 3.63) is 23.2 Å². The Balaban J connectivity index is 1.77. The molecule has 7 heteroatoms. The van der Waals surface area contributed by atoms with Crippen LogP contribution < -0.4 is 20.7 Å². The molecule has 0 aliphatic carbocycles. The van der Waals surface area contributed by atoms with E-state index in [2.05, 4.69) is 16.0 Å². The molecule has 23 heavy (non-hydrogen) atoms. The maximum Gasteiger partial charge on any atom is 0.237 e. The van der Waals surface area contributed by atoms with E-state index >= 15 is 0 Å². The highest BCUT2D eigenvalue weighted by Crippen LogP contribution is 2.27. The lowest BCUT2D eigenvalue weighted by atomic mass is 10.0. The summed E-state index contributed by atoms with van der Waals surface area (Å²) >= 11 is 5.92. The molecule has 1 aromatic carbocycles. The van der Waals surface area contributed by atoms with Gasteiger partial charge in [0.15, 0.2) is 0 Å². The van der Waals surface area contributed by atoms with E-state index in [1.54, 1.807) is 18.2 Å². The van der Waals surface area contributed by atoms with Crippen LogP contribution in [0.3, 0.4) is 0 Å². The molecule has 0 saturated carbocycles. The van der Waals surface area contributed by atoms with Gasteiger partial charge in [-0.2, -0.15) is 0 Å². The van der Waals surface area contributed by atoms with Crippen molar-refractivity contribution >= 4 is 29.1 Å². The van der Waals surface area contributed by atoms with Gasteiger partial charge in [0.1, 0.15) is 5.75 Å². The highest BCUT2D eigenvalue weighted by Gasteiger charge is 2.20. The van der Waals surface area contributed by atoms with Gasteiger partial charge in [0.2, 0.25) is 11.8 Å². The van der Waals surface area contributed by atoms with Crippen molar-refractivity contribution in [2.24, 2.45) is 0 Å². The van der Waals surface area contributed by atoms with Gasteiger partial charge in [0.05, 0.1) is 18.8 Å². The molecule has 1 aromatic rings. The molecule has 1 saturated heterocycles. The number of piperidine rings is 1. The van der Waals surface area contributed by atoms with Crippen LogP contribution in [-0.4, -0.2) is 38.1 Å². The molecular weight excluding hydrogens is 318 g/mol. The van der Waals surface area contributed by atoms with Gasteiger partial charge in [0.25, 0.3) is 0 Å². The van der Waals surface area contributed by atoms with E-state index in [0.29, 0.717) is 23.0 Å². The molecule has 0 bridgehead atoms. The molecular formula is C16H22ClN3O3. The average molecular weight is 340 g/mol. The maximum atomic E-state index is 12.0. The molecule has 3 N–H and O–H groups in total. The second-order valence-electron chi connectivity index (χ2n) is 5.44. The van der Waals surface area contributed by atoms with E-state index in [9.17, 15) is 9.59 Å². The van der Waals surface area contributed by atoms with Crippen LogP contribution in [0.25, 0.3) is 0 Å². The number of hydrogen-bond donors (Lipinski definition) is 3. The predicted molar refractivity (Wildman–Crippen MR) is 89.9 cm³/mol. The number of methoxy groups -OCH3 is 1. The van der Waals surface area contributed by atoms with Crippen LogP contribution in [0.4, 0.5) is 5.69 Å². The number of hydrogen-bond acceptors (Lipinski definition) is 4. The van der Waals surface area contributed by atoms with Gasteiger partial charge in [-0.15, -0.1) is 0 Å².